The van der Waals surface area contributed by atoms with Crippen molar-refractivity contribution in [1.29, 1.82) is 5.26 Å². The summed E-state index contributed by atoms with van der Waals surface area (Å²) in [5, 5.41) is 26.1. The number of ether oxygens (including phenoxy) is 1. The van der Waals surface area contributed by atoms with E-state index in [0.29, 0.717) is 52.6 Å². The number of phenolic OH excluding ortho intramolecular Hbond substituents is 1. The van der Waals surface area contributed by atoms with Gasteiger partial charge in [-0.1, -0.05) is 24.3 Å². The number of phenols is 1. The number of halogens is 3. The molecule has 4 aromatic rings. The van der Waals surface area contributed by atoms with E-state index in [-0.39, 0.29) is 54.0 Å². The summed E-state index contributed by atoms with van der Waals surface area (Å²) in [5.41, 5.74) is -1.05. The minimum absolute atomic E-state index is 0.00378. The summed E-state index contributed by atoms with van der Waals surface area (Å²) in [5.74, 6) is -2.83. The molecule has 2 N–H and O–H groups in total. The molecular weight excluding hydrogens is 581 g/mol. The minimum atomic E-state index is -2.89. The van der Waals surface area contributed by atoms with Crippen LogP contribution >= 0.6 is 0 Å². The van der Waals surface area contributed by atoms with Crippen LogP contribution in [0.2, 0.25) is 0 Å². The summed E-state index contributed by atoms with van der Waals surface area (Å²) in [6.45, 7) is 3.25. The van der Waals surface area contributed by atoms with E-state index in [1.807, 2.05) is 6.07 Å². The lowest BCUT2D eigenvalue weighted by Crippen LogP contribution is -2.42. The van der Waals surface area contributed by atoms with Gasteiger partial charge < -0.3 is 25.0 Å². The van der Waals surface area contributed by atoms with E-state index in [9.17, 15) is 19.1 Å². The number of anilines is 1. The van der Waals surface area contributed by atoms with Crippen LogP contribution in [0, 0.1) is 28.5 Å². The van der Waals surface area contributed by atoms with Crippen molar-refractivity contribution in [1.82, 2.24) is 20.2 Å². The lowest BCUT2D eigenvalue weighted by atomic mass is 9.92. The quantitative estimate of drug-likeness (QED) is 0.273. The van der Waals surface area contributed by atoms with Crippen molar-refractivity contribution in [3.05, 3.63) is 53.8 Å². The van der Waals surface area contributed by atoms with Crippen molar-refractivity contribution >= 4 is 27.5 Å². The van der Waals surface area contributed by atoms with Crippen molar-refractivity contribution in [2.45, 2.75) is 44.2 Å². The molecule has 1 aromatic heterocycles. The van der Waals surface area contributed by atoms with Gasteiger partial charge in [-0.05, 0) is 74.3 Å². The van der Waals surface area contributed by atoms with Gasteiger partial charge in [0.1, 0.15) is 23.7 Å². The number of aromatic nitrogens is 2. The minimum Gasteiger partial charge on any atom is -0.508 e. The Morgan fingerprint density at radius 2 is 1.96 bits per heavy atom. The number of fused-ring (bicyclic) bond motifs is 4. The van der Waals surface area contributed by atoms with Gasteiger partial charge in [-0.2, -0.15) is 15.2 Å². The third kappa shape index (κ3) is 5.10. The predicted molar refractivity (Wildman–Crippen MR) is 166 cm³/mol. The second kappa shape index (κ2) is 10.7. The van der Waals surface area contributed by atoms with Crippen LogP contribution in [0.5, 0.6) is 11.8 Å². The van der Waals surface area contributed by atoms with E-state index in [1.54, 1.807) is 49.3 Å². The normalized spacial score (nSPS) is 25.5. The highest BCUT2D eigenvalue weighted by molar-refractivity contribution is 6.03. The van der Waals surface area contributed by atoms with Crippen molar-refractivity contribution < 1.29 is 23.0 Å². The van der Waals surface area contributed by atoms with Crippen molar-refractivity contribution in [2.75, 3.05) is 45.2 Å². The molecule has 1 saturated carbocycles. The predicted octanol–water partition coefficient (Wildman–Crippen LogP) is 5.71. The average molecular weight is 617 g/mol. The fraction of sp³-hybridized carbons (Fsp3) is 0.441. The molecule has 3 heterocycles. The standard InChI is InChI=1S/C34H35F3N6O2/c1-19-20-8-9-43(15-23(10-20)39-19)31-27-12-22(14-38)28(26-13-24(44)11-21-6-4-5-7-25(21)26)29(35)30(27)40-32(41-31)45-18-33(17-42(2)3)16-34(33,36)37/h4-7,11-13,19-20,23,39,44H,8-10,15-18H2,1-3H3/t19-,20?,23?,33+/m0/s1. The van der Waals surface area contributed by atoms with Crippen LogP contribution in [-0.2, 0) is 0 Å². The molecule has 1 aliphatic carbocycles. The highest BCUT2D eigenvalue weighted by Crippen LogP contribution is 2.60. The van der Waals surface area contributed by atoms with E-state index in [1.165, 1.54) is 6.07 Å². The number of benzene rings is 3. The van der Waals surface area contributed by atoms with Crippen molar-refractivity contribution in [3.8, 4) is 29.0 Å². The summed E-state index contributed by atoms with van der Waals surface area (Å²) in [6.07, 6.45) is 1.59. The van der Waals surface area contributed by atoms with Gasteiger partial charge >= 0.3 is 6.01 Å². The van der Waals surface area contributed by atoms with Gasteiger partial charge in [0.05, 0.1) is 17.0 Å². The lowest BCUT2D eigenvalue weighted by molar-refractivity contribution is 0.0288. The maximum absolute atomic E-state index is 16.9. The summed E-state index contributed by atoms with van der Waals surface area (Å²) in [6, 6.07) is 14.4. The molecule has 2 aliphatic heterocycles. The number of nitriles is 1. The Balaban J connectivity index is 1.39. The van der Waals surface area contributed by atoms with Gasteiger partial charge in [0.15, 0.2) is 5.82 Å². The van der Waals surface area contributed by atoms with Gasteiger partial charge in [-0.3, -0.25) is 0 Å². The van der Waals surface area contributed by atoms with Crippen molar-refractivity contribution in [3.63, 3.8) is 0 Å². The molecule has 2 saturated heterocycles. The average Bonchev–Trinajstić information content (AvgIpc) is 3.45. The van der Waals surface area contributed by atoms with E-state index in [0.717, 1.165) is 12.8 Å². The number of aromatic hydroxyl groups is 1. The lowest BCUT2D eigenvalue weighted by Gasteiger charge is -2.29. The smallest absolute Gasteiger partial charge is 0.319 e. The third-order valence-electron chi connectivity index (χ3n) is 9.74. The van der Waals surface area contributed by atoms with Crippen LogP contribution in [0.1, 0.15) is 31.7 Å². The van der Waals surface area contributed by atoms with E-state index in [2.05, 4.69) is 28.2 Å². The summed E-state index contributed by atoms with van der Waals surface area (Å²) < 4.78 is 52.0. The SMILES string of the molecule is C[C@@H]1NC2CC1CCN(c1nc(OC[C@]3(CN(C)C)CC3(F)F)nc3c(F)c(-c4cc(O)cc5ccccc45)c(C#N)cc13)C2. The molecule has 4 atom stereocenters. The summed E-state index contributed by atoms with van der Waals surface area (Å²) >= 11 is 0. The molecule has 45 heavy (non-hydrogen) atoms. The van der Waals surface area contributed by atoms with E-state index < -0.39 is 17.2 Å². The monoisotopic (exact) mass is 616 g/mol. The van der Waals surface area contributed by atoms with Gasteiger partial charge in [0.25, 0.3) is 5.92 Å². The summed E-state index contributed by atoms with van der Waals surface area (Å²) in [7, 11) is 3.47. The highest BCUT2D eigenvalue weighted by Gasteiger charge is 2.71. The largest absolute Gasteiger partial charge is 0.508 e. The Hall–Kier alpha value is -4.14. The Bertz CT molecular complexity index is 1860. The number of nitrogens with zero attached hydrogens (tertiary/aromatic N) is 5. The Kier molecular flexibility index (Phi) is 7.06. The summed E-state index contributed by atoms with van der Waals surface area (Å²) in [4.78, 5) is 12.9. The highest BCUT2D eigenvalue weighted by atomic mass is 19.3. The maximum Gasteiger partial charge on any atom is 0.319 e. The molecule has 7 rings (SSSR count). The number of nitrogens with one attached hydrogen (secondary N) is 1. The van der Waals surface area contributed by atoms with E-state index in [4.69, 9.17) is 9.72 Å². The van der Waals surface area contributed by atoms with Gasteiger partial charge in [0.2, 0.25) is 0 Å². The fourth-order valence-electron chi connectivity index (χ4n) is 7.42. The first-order valence-corrected chi connectivity index (χ1v) is 15.3. The second-order valence-electron chi connectivity index (χ2n) is 13.2. The van der Waals surface area contributed by atoms with Crippen LogP contribution in [0.4, 0.5) is 19.0 Å². The number of hydrogen-bond acceptors (Lipinski definition) is 8. The first kappa shape index (κ1) is 29.6. The Labute approximate surface area is 259 Å². The zero-order valence-corrected chi connectivity index (χ0v) is 25.4. The van der Waals surface area contributed by atoms with Crippen LogP contribution < -0.4 is 15.0 Å². The molecule has 8 nitrogen and oxygen atoms in total. The number of alkyl halides is 2. The van der Waals surface area contributed by atoms with Crippen LogP contribution in [0.15, 0.2) is 42.5 Å². The van der Waals surface area contributed by atoms with Gasteiger partial charge in [-0.25, -0.2) is 13.2 Å². The zero-order chi connectivity index (χ0) is 31.7. The van der Waals surface area contributed by atoms with Crippen LogP contribution in [0.25, 0.3) is 32.8 Å². The molecule has 0 spiro atoms. The van der Waals surface area contributed by atoms with Crippen molar-refractivity contribution in [2.24, 2.45) is 11.3 Å². The van der Waals surface area contributed by atoms with Crippen LogP contribution in [0.3, 0.4) is 0 Å². The first-order valence-electron chi connectivity index (χ1n) is 15.3. The first-order chi connectivity index (χ1) is 21.5. The molecule has 3 fully saturated rings. The van der Waals surface area contributed by atoms with E-state index >= 15 is 4.39 Å². The molecule has 3 aliphatic rings. The molecule has 11 heteroatoms. The molecule has 0 amide bonds. The molecular formula is C34H35F3N6O2. The maximum atomic E-state index is 16.9. The van der Waals surface area contributed by atoms with Gasteiger partial charge in [-0.15, -0.1) is 0 Å². The zero-order valence-electron chi connectivity index (χ0n) is 25.4. The molecule has 2 bridgehead atoms. The second-order valence-corrected chi connectivity index (χ2v) is 13.2. The third-order valence-corrected chi connectivity index (χ3v) is 9.74. The number of hydrogen-bond donors (Lipinski definition) is 2. The molecule has 0 radical (unpaired) electrons. The topological polar surface area (TPSA) is 97.5 Å². The fourth-order valence-corrected chi connectivity index (χ4v) is 7.42. The molecule has 2 unspecified atom stereocenters. The van der Waals surface area contributed by atoms with Crippen LogP contribution in [-0.4, -0.2) is 78.3 Å². The molecule has 234 valence electrons. The Morgan fingerprint density at radius 3 is 2.69 bits per heavy atom. The Morgan fingerprint density at radius 1 is 1.18 bits per heavy atom. The molecule has 3 aromatic carbocycles. The number of rotatable bonds is 7. The van der Waals surface area contributed by atoms with Gasteiger partial charge in [0, 0.05) is 49.1 Å².